The van der Waals surface area contributed by atoms with Gasteiger partial charge in [0.2, 0.25) is 0 Å². The lowest BCUT2D eigenvalue weighted by atomic mass is 9.74. The Bertz CT molecular complexity index is 477. The molecule has 2 unspecified atom stereocenters. The van der Waals surface area contributed by atoms with Crippen molar-refractivity contribution in [1.29, 1.82) is 0 Å². The maximum atomic E-state index is 11.7. The molecule has 0 bridgehead atoms. The van der Waals surface area contributed by atoms with Crippen LogP contribution >= 0.6 is 0 Å². The third-order valence-electron chi connectivity index (χ3n) is 4.21. The van der Waals surface area contributed by atoms with Gasteiger partial charge in [-0.1, -0.05) is 18.2 Å². The monoisotopic (exact) mass is 262 g/mol. The van der Waals surface area contributed by atoms with Crippen LogP contribution in [0.15, 0.2) is 24.3 Å². The van der Waals surface area contributed by atoms with E-state index < -0.39 is 11.4 Å². The molecule has 3 rings (SSSR count). The van der Waals surface area contributed by atoms with E-state index in [-0.39, 0.29) is 5.92 Å². The standard InChI is InChI=1S/C15H18O4/c16-14(17)15(6-3-7-18-10-15)8-11-9-19-13-5-2-1-4-12(11)13/h1-2,4-5,11H,3,6-10H2,(H,16,17). The van der Waals surface area contributed by atoms with Gasteiger partial charge in [-0.15, -0.1) is 0 Å². The lowest BCUT2D eigenvalue weighted by Crippen LogP contribution is -2.40. The summed E-state index contributed by atoms with van der Waals surface area (Å²) in [4.78, 5) is 11.7. The van der Waals surface area contributed by atoms with E-state index in [1.54, 1.807) is 0 Å². The Balaban J connectivity index is 1.82. The molecule has 2 atom stereocenters. The highest BCUT2D eigenvalue weighted by Gasteiger charge is 2.44. The molecule has 4 nitrogen and oxygen atoms in total. The van der Waals surface area contributed by atoms with Crippen LogP contribution in [0.4, 0.5) is 0 Å². The van der Waals surface area contributed by atoms with E-state index in [1.165, 1.54) is 0 Å². The molecule has 0 radical (unpaired) electrons. The summed E-state index contributed by atoms with van der Waals surface area (Å²) in [6.45, 7) is 1.57. The molecule has 1 aromatic rings. The van der Waals surface area contributed by atoms with Crippen LogP contribution in [-0.4, -0.2) is 30.9 Å². The zero-order valence-electron chi connectivity index (χ0n) is 10.8. The summed E-state index contributed by atoms with van der Waals surface area (Å²) in [5.41, 5.74) is 0.387. The molecule has 0 aromatic heterocycles. The average molecular weight is 262 g/mol. The third-order valence-corrected chi connectivity index (χ3v) is 4.21. The molecular weight excluding hydrogens is 244 g/mol. The van der Waals surface area contributed by atoms with E-state index in [0.717, 1.165) is 17.7 Å². The van der Waals surface area contributed by atoms with Crippen molar-refractivity contribution < 1.29 is 19.4 Å². The topological polar surface area (TPSA) is 55.8 Å². The highest BCUT2D eigenvalue weighted by atomic mass is 16.5. The number of carboxylic acid groups (broad SMARTS) is 1. The van der Waals surface area contributed by atoms with Crippen LogP contribution < -0.4 is 4.74 Å². The van der Waals surface area contributed by atoms with Crippen molar-refractivity contribution >= 4 is 5.97 Å². The van der Waals surface area contributed by atoms with E-state index in [2.05, 4.69) is 0 Å². The Morgan fingerprint density at radius 2 is 2.26 bits per heavy atom. The summed E-state index contributed by atoms with van der Waals surface area (Å²) < 4.78 is 11.1. The third kappa shape index (κ3) is 2.21. The molecule has 2 heterocycles. The quantitative estimate of drug-likeness (QED) is 0.909. The molecule has 102 valence electrons. The number of benzene rings is 1. The van der Waals surface area contributed by atoms with E-state index in [1.807, 2.05) is 24.3 Å². The molecule has 2 aliphatic heterocycles. The van der Waals surface area contributed by atoms with Crippen molar-refractivity contribution in [2.75, 3.05) is 19.8 Å². The first kappa shape index (κ1) is 12.5. The fourth-order valence-electron chi connectivity index (χ4n) is 3.14. The van der Waals surface area contributed by atoms with Gasteiger partial charge < -0.3 is 14.6 Å². The van der Waals surface area contributed by atoms with Crippen LogP contribution in [0.2, 0.25) is 0 Å². The zero-order valence-corrected chi connectivity index (χ0v) is 10.8. The number of hydrogen-bond acceptors (Lipinski definition) is 3. The van der Waals surface area contributed by atoms with Crippen molar-refractivity contribution in [2.45, 2.75) is 25.2 Å². The summed E-state index contributed by atoms with van der Waals surface area (Å²) >= 11 is 0. The van der Waals surface area contributed by atoms with Gasteiger partial charge in [0.25, 0.3) is 0 Å². The fraction of sp³-hybridized carbons (Fsp3) is 0.533. The second-order valence-electron chi connectivity index (χ2n) is 5.49. The predicted octanol–water partition coefficient (Wildman–Crippen LogP) is 2.43. The zero-order chi connectivity index (χ0) is 13.3. The molecule has 1 saturated heterocycles. The van der Waals surface area contributed by atoms with Crippen molar-refractivity contribution in [3.63, 3.8) is 0 Å². The van der Waals surface area contributed by atoms with E-state index in [4.69, 9.17) is 9.47 Å². The molecule has 1 aromatic carbocycles. The summed E-state index contributed by atoms with van der Waals surface area (Å²) in [6, 6.07) is 7.90. The molecule has 0 spiro atoms. The van der Waals surface area contributed by atoms with Crippen molar-refractivity contribution in [2.24, 2.45) is 5.41 Å². The SMILES string of the molecule is O=C(O)C1(CC2COc3ccccc32)CCCOC1. The van der Waals surface area contributed by atoms with Crippen LogP contribution in [0.25, 0.3) is 0 Å². The van der Waals surface area contributed by atoms with Crippen molar-refractivity contribution in [3.8, 4) is 5.75 Å². The molecule has 19 heavy (non-hydrogen) atoms. The van der Waals surface area contributed by atoms with Crippen molar-refractivity contribution in [3.05, 3.63) is 29.8 Å². The lowest BCUT2D eigenvalue weighted by molar-refractivity contribution is -0.158. The van der Waals surface area contributed by atoms with Gasteiger partial charge in [-0.25, -0.2) is 0 Å². The Kier molecular flexibility index (Phi) is 3.19. The van der Waals surface area contributed by atoms with Crippen LogP contribution in [0, 0.1) is 5.41 Å². The minimum Gasteiger partial charge on any atom is -0.493 e. The molecule has 1 N–H and O–H groups in total. The van der Waals surface area contributed by atoms with Gasteiger partial charge in [-0.3, -0.25) is 4.79 Å². The van der Waals surface area contributed by atoms with Crippen LogP contribution in [0.1, 0.15) is 30.7 Å². The number of fused-ring (bicyclic) bond motifs is 1. The summed E-state index contributed by atoms with van der Waals surface area (Å²) in [7, 11) is 0. The highest BCUT2D eigenvalue weighted by molar-refractivity contribution is 5.75. The molecule has 2 aliphatic rings. The first-order chi connectivity index (χ1) is 9.21. The summed E-state index contributed by atoms with van der Waals surface area (Å²) in [6.07, 6.45) is 2.11. The van der Waals surface area contributed by atoms with Gasteiger partial charge in [-0.05, 0) is 25.3 Å². The van der Waals surface area contributed by atoms with Gasteiger partial charge in [0.05, 0.1) is 18.6 Å². The Morgan fingerprint density at radius 1 is 1.42 bits per heavy atom. The minimum atomic E-state index is -0.746. The Morgan fingerprint density at radius 3 is 3.00 bits per heavy atom. The van der Waals surface area contributed by atoms with Gasteiger partial charge in [0.15, 0.2) is 0 Å². The number of hydrogen-bond donors (Lipinski definition) is 1. The fourth-order valence-corrected chi connectivity index (χ4v) is 3.14. The molecule has 0 saturated carbocycles. The average Bonchev–Trinajstić information content (AvgIpc) is 2.83. The summed E-state index contributed by atoms with van der Waals surface area (Å²) in [5.74, 6) is 0.315. The van der Waals surface area contributed by atoms with Gasteiger partial charge in [0.1, 0.15) is 5.75 Å². The number of ether oxygens (including phenoxy) is 2. The first-order valence-electron chi connectivity index (χ1n) is 6.74. The number of aliphatic carboxylic acids is 1. The number of rotatable bonds is 3. The van der Waals surface area contributed by atoms with E-state index in [0.29, 0.717) is 32.7 Å². The number of carboxylic acids is 1. The molecule has 0 aliphatic carbocycles. The van der Waals surface area contributed by atoms with Crippen LogP contribution in [0.5, 0.6) is 5.75 Å². The second-order valence-corrected chi connectivity index (χ2v) is 5.49. The lowest BCUT2D eigenvalue weighted by Gasteiger charge is -2.34. The van der Waals surface area contributed by atoms with Gasteiger partial charge in [0, 0.05) is 18.1 Å². The predicted molar refractivity (Wildman–Crippen MR) is 69.4 cm³/mol. The van der Waals surface area contributed by atoms with E-state index in [9.17, 15) is 9.90 Å². The smallest absolute Gasteiger partial charge is 0.312 e. The molecule has 4 heteroatoms. The molecule has 0 amide bonds. The molecule has 1 fully saturated rings. The maximum absolute atomic E-state index is 11.7. The Hall–Kier alpha value is -1.55. The first-order valence-corrected chi connectivity index (χ1v) is 6.74. The van der Waals surface area contributed by atoms with E-state index >= 15 is 0 Å². The van der Waals surface area contributed by atoms with Crippen LogP contribution in [0.3, 0.4) is 0 Å². The highest BCUT2D eigenvalue weighted by Crippen LogP contribution is 2.44. The molecular formula is C15H18O4. The van der Waals surface area contributed by atoms with Crippen molar-refractivity contribution in [1.82, 2.24) is 0 Å². The van der Waals surface area contributed by atoms with Gasteiger partial charge >= 0.3 is 5.97 Å². The normalized spacial score (nSPS) is 29.6. The summed E-state index contributed by atoms with van der Waals surface area (Å²) in [5, 5.41) is 9.58. The minimum absolute atomic E-state index is 0.161. The van der Waals surface area contributed by atoms with Gasteiger partial charge in [-0.2, -0.15) is 0 Å². The Labute approximate surface area is 112 Å². The second kappa shape index (κ2) is 4.85. The number of para-hydroxylation sites is 1. The number of carbonyl (C=O) groups is 1. The van der Waals surface area contributed by atoms with Crippen LogP contribution in [-0.2, 0) is 9.53 Å². The maximum Gasteiger partial charge on any atom is 0.312 e. The largest absolute Gasteiger partial charge is 0.493 e.